The summed E-state index contributed by atoms with van der Waals surface area (Å²) >= 11 is 0. The standard InChI is InChI=1S/C5H9O2.C3H3.BrH.Mg/c6-5-3-1-2-4-7-5;1-3-2;;/h5H,1-4H2;1H3;1H;/q2*-1;;+2/p-1. The molecule has 0 radical (unpaired) electrons. The average molecular weight is 244 g/mol. The molecular formula is C8H12BrMgO2-. The number of hydrogen-bond donors (Lipinski definition) is 0. The van der Waals surface area contributed by atoms with Crippen LogP contribution in [-0.2, 0) is 4.74 Å². The van der Waals surface area contributed by atoms with E-state index in [4.69, 9.17) is 11.2 Å². The van der Waals surface area contributed by atoms with Crippen LogP contribution in [0.2, 0.25) is 0 Å². The maximum absolute atomic E-state index is 10.3. The molecule has 2 nitrogen and oxygen atoms in total. The molecule has 4 heteroatoms. The molecule has 0 aromatic heterocycles. The van der Waals surface area contributed by atoms with Gasteiger partial charge in [0.05, 0.1) is 0 Å². The van der Waals surface area contributed by atoms with Gasteiger partial charge in [0.15, 0.2) is 0 Å². The van der Waals surface area contributed by atoms with Crippen LogP contribution in [0.1, 0.15) is 26.2 Å². The molecule has 1 atom stereocenters. The Hall–Kier alpha value is 0.726. The van der Waals surface area contributed by atoms with Crippen molar-refractivity contribution >= 4 is 23.1 Å². The van der Waals surface area contributed by atoms with Gasteiger partial charge >= 0.3 is 23.1 Å². The van der Waals surface area contributed by atoms with Crippen molar-refractivity contribution in [2.75, 3.05) is 6.61 Å². The van der Waals surface area contributed by atoms with E-state index >= 15 is 0 Å². The second-order valence-corrected chi connectivity index (χ2v) is 2.05. The molecular weight excluding hydrogens is 232 g/mol. The third kappa shape index (κ3) is 13.3. The first-order valence-corrected chi connectivity index (χ1v) is 3.42. The molecule has 0 bridgehead atoms. The van der Waals surface area contributed by atoms with Gasteiger partial charge in [-0.2, -0.15) is 0 Å². The van der Waals surface area contributed by atoms with E-state index in [1.54, 1.807) is 6.92 Å². The van der Waals surface area contributed by atoms with Gasteiger partial charge in [-0.25, -0.2) is 0 Å². The molecule has 1 rings (SSSR count). The Morgan fingerprint density at radius 1 is 1.50 bits per heavy atom. The zero-order valence-corrected chi connectivity index (χ0v) is 10.3. The summed E-state index contributed by atoms with van der Waals surface area (Å²) in [7, 11) is 0. The Morgan fingerprint density at radius 3 is 2.17 bits per heavy atom. The molecule has 12 heavy (non-hydrogen) atoms. The van der Waals surface area contributed by atoms with Crippen LogP contribution in [0.4, 0.5) is 0 Å². The molecule has 1 saturated heterocycles. The maximum atomic E-state index is 10.3. The Balaban J connectivity index is -0.000000146. The van der Waals surface area contributed by atoms with Gasteiger partial charge in [-0.05, 0) is 32.5 Å². The van der Waals surface area contributed by atoms with Crippen molar-refractivity contribution < 1.29 is 26.8 Å². The van der Waals surface area contributed by atoms with Gasteiger partial charge in [0, 0.05) is 6.61 Å². The van der Waals surface area contributed by atoms with E-state index in [1.165, 1.54) is 0 Å². The summed E-state index contributed by atoms with van der Waals surface area (Å²) in [6, 6.07) is 0. The van der Waals surface area contributed by atoms with Crippen LogP contribution in [0.5, 0.6) is 0 Å². The average Bonchev–Trinajstić information content (AvgIpc) is 1.91. The minimum Gasteiger partial charge on any atom is -1.00 e. The third-order valence-electron chi connectivity index (χ3n) is 1.14. The molecule has 1 aliphatic heterocycles. The fourth-order valence-corrected chi connectivity index (χ4v) is 0.711. The molecule has 0 aromatic carbocycles. The summed E-state index contributed by atoms with van der Waals surface area (Å²) in [6.45, 7) is 2.22. The zero-order valence-electron chi connectivity index (χ0n) is 7.31. The summed E-state index contributed by atoms with van der Waals surface area (Å²) in [5.41, 5.74) is 0. The van der Waals surface area contributed by atoms with Gasteiger partial charge in [0.25, 0.3) is 0 Å². The summed E-state index contributed by atoms with van der Waals surface area (Å²) in [5.74, 6) is 2.00. The predicted octanol–water partition coefficient (Wildman–Crippen LogP) is -2.91. The summed E-state index contributed by atoms with van der Waals surface area (Å²) in [6.07, 6.45) is 8.07. The van der Waals surface area contributed by atoms with Crippen LogP contribution < -0.4 is 22.1 Å². The van der Waals surface area contributed by atoms with Crippen LogP contribution in [0.25, 0.3) is 0 Å². The van der Waals surface area contributed by atoms with Crippen LogP contribution in [0, 0.1) is 12.3 Å². The topological polar surface area (TPSA) is 32.3 Å². The van der Waals surface area contributed by atoms with Crippen LogP contribution in [-0.4, -0.2) is 35.9 Å². The Kier molecular flexibility index (Phi) is 22.0. The smallest absolute Gasteiger partial charge is 1.00 e. The molecule has 0 saturated carbocycles. The molecule has 66 valence electrons. The van der Waals surface area contributed by atoms with Crippen molar-refractivity contribution in [3.63, 3.8) is 0 Å². The van der Waals surface area contributed by atoms with Crippen molar-refractivity contribution in [3.8, 4) is 5.92 Å². The van der Waals surface area contributed by atoms with Crippen molar-refractivity contribution in [3.05, 3.63) is 6.42 Å². The van der Waals surface area contributed by atoms with E-state index in [1.807, 2.05) is 5.92 Å². The molecule has 1 fully saturated rings. The molecule has 0 N–H and O–H groups in total. The second-order valence-electron chi connectivity index (χ2n) is 2.05. The van der Waals surface area contributed by atoms with Crippen molar-refractivity contribution in [1.29, 1.82) is 0 Å². The third-order valence-corrected chi connectivity index (χ3v) is 1.14. The number of halogens is 1. The van der Waals surface area contributed by atoms with E-state index in [2.05, 4.69) is 0 Å². The van der Waals surface area contributed by atoms with E-state index in [9.17, 15) is 5.11 Å². The van der Waals surface area contributed by atoms with Crippen LogP contribution in [0.15, 0.2) is 0 Å². The molecule has 0 amide bonds. The number of rotatable bonds is 0. The summed E-state index contributed by atoms with van der Waals surface area (Å²) in [5, 5.41) is 10.3. The Labute approximate surface area is 101 Å². The number of ether oxygens (including phenoxy) is 1. The van der Waals surface area contributed by atoms with Gasteiger partial charge in [-0.15, -0.1) is 0 Å². The second kappa shape index (κ2) is 14.3. The molecule has 1 heterocycles. The Morgan fingerprint density at radius 2 is 2.00 bits per heavy atom. The molecule has 1 unspecified atom stereocenters. The minimum atomic E-state index is -0.714. The van der Waals surface area contributed by atoms with Crippen LogP contribution in [0.3, 0.4) is 0 Å². The van der Waals surface area contributed by atoms with Gasteiger partial charge in [0.1, 0.15) is 0 Å². The summed E-state index contributed by atoms with van der Waals surface area (Å²) in [4.78, 5) is 0. The van der Waals surface area contributed by atoms with Gasteiger partial charge in [-0.1, -0.05) is 0 Å². The fraction of sp³-hybridized carbons (Fsp3) is 0.750. The first-order valence-electron chi connectivity index (χ1n) is 3.42. The normalized spacial score (nSPS) is 19.9. The van der Waals surface area contributed by atoms with Gasteiger partial charge < -0.3 is 39.2 Å². The molecule has 1 aliphatic rings. The van der Waals surface area contributed by atoms with Gasteiger partial charge in [-0.3, -0.25) is 0 Å². The zero-order chi connectivity index (χ0) is 7.82. The SMILES string of the molecule is [Br-].[C-]#CC.[Mg+2].[O-]C1CCCCO1. The van der Waals surface area contributed by atoms with Gasteiger partial charge in [0.2, 0.25) is 0 Å². The number of hydrogen-bond acceptors (Lipinski definition) is 2. The first-order chi connectivity index (χ1) is 4.81. The van der Waals surface area contributed by atoms with Crippen molar-refractivity contribution in [1.82, 2.24) is 0 Å². The van der Waals surface area contributed by atoms with Crippen molar-refractivity contribution in [2.45, 2.75) is 32.5 Å². The predicted molar refractivity (Wildman–Crippen MR) is 42.2 cm³/mol. The fourth-order valence-electron chi connectivity index (χ4n) is 0.711. The quantitative estimate of drug-likeness (QED) is 0.260. The van der Waals surface area contributed by atoms with Crippen LogP contribution >= 0.6 is 0 Å². The largest absolute Gasteiger partial charge is 2.00 e. The Bertz CT molecular complexity index is 108. The van der Waals surface area contributed by atoms with Crippen molar-refractivity contribution in [2.24, 2.45) is 0 Å². The van der Waals surface area contributed by atoms with E-state index in [0.29, 0.717) is 13.0 Å². The molecule has 0 aromatic rings. The summed E-state index contributed by atoms with van der Waals surface area (Å²) < 4.78 is 4.72. The monoisotopic (exact) mass is 243 g/mol. The van der Waals surface area contributed by atoms with E-state index in [-0.39, 0.29) is 40.0 Å². The molecule has 0 spiro atoms. The minimum absolute atomic E-state index is 0. The van der Waals surface area contributed by atoms with E-state index < -0.39 is 6.29 Å². The van der Waals surface area contributed by atoms with E-state index in [0.717, 1.165) is 12.8 Å². The first kappa shape index (κ1) is 18.5. The maximum Gasteiger partial charge on any atom is 2.00 e. The molecule has 0 aliphatic carbocycles.